The van der Waals surface area contributed by atoms with Gasteiger partial charge < -0.3 is 29.5 Å². The Morgan fingerprint density at radius 1 is 0.833 bits per heavy atom. The summed E-state index contributed by atoms with van der Waals surface area (Å²) in [7, 11) is 1.43. The van der Waals surface area contributed by atoms with E-state index < -0.39 is 11.7 Å². The van der Waals surface area contributed by atoms with Crippen LogP contribution in [0.2, 0.25) is 5.02 Å². The van der Waals surface area contributed by atoms with Gasteiger partial charge >= 0.3 is 18.1 Å². The van der Waals surface area contributed by atoms with Crippen LogP contribution in [0.5, 0.6) is 11.5 Å². The molecule has 2 aliphatic heterocycles. The quantitative estimate of drug-likeness (QED) is 0.0697. The first-order valence-electron chi connectivity index (χ1n) is 22.7. The maximum Gasteiger partial charge on any atom is 0.417 e. The third-order valence-corrected chi connectivity index (χ3v) is 12.8. The largest absolute Gasteiger partial charge is 0.508 e. The summed E-state index contributed by atoms with van der Waals surface area (Å²) in [5.41, 5.74) is 3.76. The Morgan fingerprint density at radius 2 is 1.47 bits per heavy atom. The van der Waals surface area contributed by atoms with Crippen molar-refractivity contribution < 1.29 is 42.1 Å². The van der Waals surface area contributed by atoms with Gasteiger partial charge in [-0.05, 0) is 110 Å². The number of anilines is 1. The predicted octanol–water partition coefficient (Wildman–Crippen LogP) is 10.9. The number of phenols is 1. The van der Waals surface area contributed by atoms with Crippen LogP contribution in [0, 0.1) is 11.8 Å². The topological polar surface area (TPSA) is 101 Å². The summed E-state index contributed by atoms with van der Waals surface area (Å²) in [4.78, 5) is 28.0. The minimum Gasteiger partial charge on any atom is -0.508 e. The fourth-order valence-electron chi connectivity index (χ4n) is 8.89. The number of hydrogen-bond donors (Lipinski definition) is 2. The molecule has 2 fully saturated rings. The van der Waals surface area contributed by atoms with Gasteiger partial charge in [0.05, 0.1) is 36.8 Å². The minimum absolute atomic E-state index is 0.0141. The zero-order valence-corrected chi connectivity index (χ0v) is 38.5. The first kappa shape index (κ1) is 49.9. The average molecular weight is 929 g/mol. The van der Waals surface area contributed by atoms with Crippen molar-refractivity contribution in [1.29, 1.82) is 0 Å². The van der Waals surface area contributed by atoms with E-state index in [4.69, 9.17) is 25.8 Å². The molecule has 0 amide bonds. The molecule has 0 radical (unpaired) electrons. The molecule has 1 atom stereocenters. The number of esters is 2. The maximum absolute atomic E-state index is 13.7. The van der Waals surface area contributed by atoms with E-state index in [9.17, 15) is 27.9 Å². The number of rotatable bonds is 17. The highest BCUT2D eigenvalue weighted by molar-refractivity contribution is 6.32. The monoisotopic (exact) mass is 927 g/mol. The molecular weight excluding hydrogens is 867 g/mol. The van der Waals surface area contributed by atoms with Crippen molar-refractivity contribution in [3.63, 3.8) is 0 Å². The number of benzene rings is 5. The summed E-state index contributed by atoms with van der Waals surface area (Å²) in [5.74, 6) is 0.791. The van der Waals surface area contributed by atoms with Gasteiger partial charge in [-0.25, -0.2) is 0 Å². The van der Waals surface area contributed by atoms with Gasteiger partial charge in [-0.15, -0.1) is 0 Å². The van der Waals surface area contributed by atoms with Gasteiger partial charge in [0.25, 0.3) is 0 Å². The van der Waals surface area contributed by atoms with Crippen LogP contribution in [0.15, 0.2) is 127 Å². The Morgan fingerprint density at radius 3 is 2.09 bits per heavy atom. The molecule has 0 saturated carbocycles. The third kappa shape index (κ3) is 14.7. The van der Waals surface area contributed by atoms with E-state index in [-0.39, 0.29) is 41.3 Å². The van der Waals surface area contributed by atoms with Gasteiger partial charge in [0, 0.05) is 57.3 Å². The fourth-order valence-corrected chi connectivity index (χ4v) is 9.19. The van der Waals surface area contributed by atoms with Crippen molar-refractivity contribution in [2.45, 2.75) is 63.6 Å². The third-order valence-electron chi connectivity index (χ3n) is 12.4. The van der Waals surface area contributed by atoms with Gasteiger partial charge in [-0.2, -0.15) is 13.2 Å². The summed E-state index contributed by atoms with van der Waals surface area (Å²) in [6, 6.07) is 39.3. The average Bonchev–Trinajstić information content (AvgIpc) is 3.33. The second kappa shape index (κ2) is 24.8. The molecule has 1 unspecified atom stereocenters. The number of carbonyl (C=O) groups excluding carboxylic acids is 2. The molecule has 352 valence electrons. The van der Waals surface area contributed by atoms with Crippen LogP contribution in [0.4, 0.5) is 18.9 Å². The highest BCUT2D eigenvalue weighted by Gasteiger charge is 2.35. The number of aromatic hydroxyl groups is 1. The van der Waals surface area contributed by atoms with Crippen molar-refractivity contribution in [2.24, 2.45) is 11.8 Å². The Bertz CT molecular complexity index is 2230. The molecule has 66 heavy (non-hydrogen) atoms. The van der Waals surface area contributed by atoms with Crippen LogP contribution in [0.3, 0.4) is 0 Å². The van der Waals surface area contributed by atoms with Crippen LogP contribution >= 0.6 is 11.6 Å². The molecule has 0 bridgehead atoms. The summed E-state index contributed by atoms with van der Waals surface area (Å²) in [6.45, 7) is 7.34. The van der Waals surface area contributed by atoms with Crippen molar-refractivity contribution in [3.8, 4) is 11.5 Å². The maximum atomic E-state index is 13.7. The number of piperidine rings is 2. The molecule has 2 heterocycles. The van der Waals surface area contributed by atoms with E-state index in [1.54, 1.807) is 18.2 Å². The zero-order chi connectivity index (χ0) is 46.9. The molecule has 5 aromatic carbocycles. The molecule has 5 aromatic rings. The van der Waals surface area contributed by atoms with E-state index in [1.165, 1.54) is 20.1 Å². The van der Waals surface area contributed by atoms with E-state index in [1.807, 2.05) is 72.8 Å². The summed E-state index contributed by atoms with van der Waals surface area (Å²) in [5, 5.41) is 12.5. The lowest BCUT2D eigenvalue weighted by atomic mass is 9.80. The molecule has 9 nitrogen and oxygen atoms in total. The van der Waals surface area contributed by atoms with Crippen molar-refractivity contribution in [1.82, 2.24) is 10.2 Å². The Labute approximate surface area is 391 Å². The molecular formula is C53H61ClF3N3O6. The molecule has 7 rings (SSSR count). The van der Waals surface area contributed by atoms with E-state index in [2.05, 4.69) is 39.4 Å². The number of phenolic OH excluding ortho intramolecular Hbond substituents is 1. The van der Waals surface area contributed by atoms with Crippen molar-refractivity contribution in [2.75, 3.05) is 64.5 Å². The number of nitrogens with zero attached hydrogens (tertiary/aromatic N) is 2. The highest BCUT2D eigenvalue weighted by atomic mass is 35.5. The van der Waals surface area contributed by atoms with Crippen LogP contribution in [-0.2, 0) is 31.8 Å². The second-order valence-corrected chi connectivity index (χ2v) is 17.4. The van der Waals surface area contributed by atoms with Gasteiger partial charge in [0.2, 0.25) is 0 Å². The van der Waals surface area contributed by atoms with Gasteiger partial charge in [-0.3, -0.25) is 14.5 Å². The van der Waals surface area contributed by atoms with Gasteiger partial charge in [0.15, 0.2) is 0 Å². The van der Waals surface area contributed by atoms with Crippen LogP contribution in [-0.4, -0.2) is 81.5 Å². The molecule has 13 heteroatoms. The van der Waals surface area contributed by atoms with E-state index in [0.29, 0.717) is 55.7 Å². The Hall–Kier alpha value is -5.56. The number of nitrogens with one attached hydrogen (secondary N) is 1. The van der Waals surface area contributed by atoms with Gasteiger partial charge in [-0.1, -0.05) is 103 Å². The lowest BCUT2D eigenvalue weighted by Crippen LogP contribution is -2.35. The van der Waals surface area contributed by atoms with Crippen molar-refractivity contribution >= 4 is 29.2 Å². The van der Waals surface area contributed by atoms with E-state index >= 15 is 0 Å². The smallest absolute Gasteiger partial charge is 0.417 e. The highest BCUT2D eigenvalue weighted by Crippen LogP contribution is 2.38. The lowest BCUT2D eigenvalue weighted by molar-refractivity contribution is -0.144. The SMILES string of the molecule is CC(=O)OCC1CCN(c2cccc(O)c2)CC1.COC(=O)C(c1cccc(OCCCN(Cc2cccc(C(F)(F)F)c2Cl)CC(c2ccccc2)c2ccccc2)c1)C1CCNCC1. The molecule has 0 aromatic heterocycles. The number of alkyl halides is 3. The minimum atomic E-state index is -4.54. The lowest BCUT2D eigenvalue weighted by Gasteiger charge is -2.33. The molecule has 0 spiro atoms. The summed E-state index contributed by atoms with van der Waals surface area (Å²) < 4.78 is 57.6. The first-order valence-corrected chi connectivity index (χ1v) is 23.1. The fraction of sp³-hybridized carbons (Fsp3) is 0.396. The summed E-state index contributed by atoms with van der Waals surface area (Å²) in [6.07, 6.45) is -0.109. The number of ether oxygens (including phenoxy) is 3. The van der Waals surface area contributed by atoms with Crippen LogP contribution in [0.1, 0.15) is 78.7 Å². The molecule has 2 aliphatic rings. The standard InChI is InChI=1S/C39H42ClF3N2O3.C14H19NO3/c1-47-38(46)36(30-19-21-44-22-20-30)31-15-8-17-33(25-31)48-24-10-23-45(26-32-16-9-18-35(37(32)40)39(41,42)43)27-34(28-11-4-2-5-12-28)29-13-6-3-7-14-29;1-11(16)18-10-12-5-7-15(8-6-12)13-3-2-4-14(17)9-13/h2-9,11-18,25,30,34,36,44H,10,19-24,26-27H2,1H3;2-4,9,12,17H,5-8,10H2,1H3. The van der Waals surface area contributed by atoms with Crippen LogP contribution in [0.25, 0.3) is 0 Å². The normalized spacial score (nSPS) is 15.2. The predicted molar refractivity (Wildman–Crippen MR) is 253 cm³/mol. The molecule has 2 N–H and O–H groups in total. The van der Waals surface area contributed by atoms with Crippen LogP contribution < -0.4 is 15.0 Å². The zero-order valence-electron chi connectivity index (χ0n) is 37.7. The second-order valence-electron chi connectivity index (χ2n) is 17.0. The number of halogens is 4. The van der Waals surface area contributed by atoms with Gasteiger partial charge in [0.1, 0.15) is 11.5 Å². The van der Waals surface area contributed by atoms with Crippen molar-refractivity contribution in [3.05, 3.63) is 160 Å². The Balaban J connectivity index is 0.000000333. The number of methoxy groups -OCH3 is 1. The first-order chi connectivity index (χ1) is 31.9. The Kier molecular flexibility index (Phi) is 18.8. The molecule has 2 saturated heterocycles. The summed E-state index contributed by atoms with van der Waals surface area (Å²) >= 11 is 6.37. The molecule has 0 aliphatic carbocycles. The number of hydrogen-bond acceptors (Lipinski definition) is 9. The number of carbonyl (C=O) groups is 2. The van der Waals surface area contributed by atoms with E-state index in [0.717, 1.165) is 80.3 Å².